The van der Waals surface area contributed by atoms with Gasteiger partial charge in [-0.2, -0.15) is 5.10 Å². The molecule has 2 heterocycles. The van der Waals surface area contributed by atoms with E-state index in [0.29, 0.717) is 29.3 Å². The van der Waals surface area contributed by atoms with Crippen molar-refractivity contribution in [2.24, 2.45) is 0 Å². The predicted octanol–water partition coefficient (Wildman–Crippen LogP) is 3.44. The Balaban J connectivity index is 2.11. The van der Waals surface area contributed by atoms with Gasteiger partial charge in [-0.05, 0) is 19.1 Å². The number of nitrogen functional groups attached to an aromatic ring is 1. The van der Waals surface area contributed by atoms with Gasteiger partial charge in [0.1, 0.15) is 11.4 Å². The topological polar surface area (TPSA) is 57.0 Å². The van der Waals surface area contributed by atoms with Crippen LogP contribution in [0, 0.1) is 24.4 Å². The summed E-state index contributed by atoms with van der Waals surface area (Å²) in [5.74, 6) is -2.31. The van der Waals surface area contributed by atoms with Gasteiger partial charge in [0.25, 0.3) is 0 Å². The highest BCUT2D eigenvalue weighted by atomic mass is 19.2. The minimum Gasteiger partial charge on any atom is -0.460 e. The molecule has 3 rings (SSSR count). The van der Waals surface area contributed by atoms with Crippen LogP contribution in [0.15, 0.2) is 34.9 Å². The number of nitrogens with two attached hydrogens (primary N) is 1. The van der Waals surface area contributed by atoms with E-state index < -0.39 is 17.5 Å². The van der Waals surface area contributed by atoms with Crippen LogP contribution in [0.4, 0.5) is 18.9 Å². The molecule has 0 saturated heterocycles. The first kappa shape index (κ1) is 13.3. The summed E-state index contributed by atoms with van der Waals surface area (Å²) in [7, 11) is 0. The van der Waals surface area contributed by atoms with Crippen LogP contribution in [0.5, 0.6) is 0 Å². The van der Waals surface area contributed by atoms with Gasteiger partial charge in [-0.1, -0.05) is 0 Å². The van der Waals surface area contributed by atoms with E-state index in [1.54, 1.807) is 19.1 Å². The van der Waals surface area contributed by atoms with Crippen molar-refractivity contribution in [3.8, 4) is 17.1 Å². The van der Waals surface area contributed by atoms with Crippen LogP contribution in [0.3, 0.4) is 0 Å². The Kier molecular flexibility index (Phi) is 2.97. The molecule has 4 nitrogen and oxygen atoms in total. The standard InChI is InChI=1S/C14H10F3N3O/c1-7-2-3-13(21-7)14-11(18)6-20(19-14)12-5-9(16)8(15)4-10(12)17/h2-6H,18H2,1H3. The average Bonchev–Trinajstić information content (AvgIpc) is 3.00. The molecule has 0 aliphatic carbocycles. The number of aryl methyl sites for hydroxylation is 1. The summed E-state index contributed by atoms with van der Waals surface area (Å²) in [6, 6.07) is 4.57. The summed E-state index contributed by atoms with van der Waals surface area (Å²) in [6.45, 7) is 1.76. The lowest BCUT2D eigenvalue weighted by Crippen LogP contribution is -2.01. The molecule has 0 unspecified atom stereocenters. The monoisotopic (exact) mass is 293 g/mol. The lowest BCUT2D eigenvalue weighted by molar-refractivity contribution is 0.491. The first-order chi connectivity index (χ1) is 9.95. The summed E-state index contributed by atoms with van der Waals surface area (Å²) in [6.07, 6.45) is 1.31. The van der Waals surface area contributed by atoms with Crippen molar-refractivity contribution < 1.29 is 17.6 Å². The fraction of sp³-hybridized carbons (Fsp3) is 0.0714. The summed E-state index contributed by atoms with van der Waals surface area (Å²) in [5, 5.41) is 4.06. The lowest BCUT2D eigenvalue weighted by Gasteiger charge is -2.03. The molecule has 0 aliphatic rings. The summed E-state index contributed by atoms with van der Waals surface area (Å²) < 4.78 is 46.4. The van der Waals surface area contributed by atoms with Gasteiger partial charge in [-0.15, -0.1) is 0 Å². The molecule has 2 N–H and O–H groups in total. The molecule has 0 amide bonds. The fourth-order valence-corrected chi connectivity index (χ4v) is 1.95. The fourth-order valence-electron chi connectivity index (χ4n) is 1.95. The summed E-state index contributed by atoms with van der Waals surface area (Å²) >= 11 is 0. The Morgan fingerprint density at radius 2 is 1.81 bits per heavy atom. The van der Waals surface area contributed by atoms with Crippen LogP contribution in [-0.4, -0.2) is 9.78 Å². The van der Waals surface area contributed by atoms with Gasteiger partial charge in [0.2, 0.25) is 0 Å². The Labute approximate surface area is 117 Å². The number of nitrogens with zero attached hydrogens (tertiary/aromatic N) is 2. The number of anilines is 1. The molecule has 7 heteroatoms. The molecule has 0 fully saturated rings. The Hall–Kier alpha value is -2.70. The molecule has 2 aromatic heterocycles. The van der Waals surface area contributed by atoms with Crippen LogP contribution in [0.1, 0.15) is 5.76 Å². The third-order valence-electron chi connectivity index (χ3n) is 2.95. The van der Waals surface area contributed by atoms with Gasteiger partial charge in [0.15, 0.2) is 28.9 Å². The molecule has 0 bridgehead atoms. The van der Waals surface area contributed by atoms with Crippen molar-refractivity contribution in [3.63, 3.8) is 0 Å². The highest BCUT2D eigenvalue weighted by Gasteiger charge is 2.17. The molecular formula is C14H10F3N3O. The van der Waals surface area contributed by atoms with Crippen molar-refractivity contribution in [2.45, 2.75) is 6.92 Å². The van der Waals surface area contributed by atoms with E-state index in [1.807, 2.05) is 0 Å². The van der Waals surface area contributed by atoms with E-state index in [1.165, 1.54) is 6.20 Å². The van der Waals surface area contributed by atoms with Gasteiger partial charge in [-0.3, -0.25) is 0 Å². The highest BCUT2D eigenvalue weighted by molar-refractivity contribution is 5.68. The minimum atomic E-state index is -1.27. The SMILES string of the molecule is Cc1ccc(-c2nn(-c3cc(F)c(F)cc3F)cc2N)o1. The van der Waals surface area contributed by atoms with E-state index in [0.717, 1.165) is 4.68 Å². The number of benzene rings is 1. The second-order valence-electron chi connectivity index (χ2n) is 4.51. The predicted molar refractivity (Wildman–Crippen MR) is 70.3 cm³/mol. The zero-order valence-electron chi connectivity index (χ0n) is 10.9. The van der Waals surface area contributed by atoms with Crippen LogP contribution >= 0.6 is 0 Å². The molecular weight excluding hydrogens is 283 g/mol. The molecule has 0 radical (unpaired) electrons. The first-order valence-electron chi connectivity index (χ1n) is 6.02. The Bertz CT molecular complexity index is 823. The molecule has 21 heavy (non-hydrogen) atoms. The average molecular weight is 293 g/mol. The van der Waals surface area contributed by atoms with Crippen LogP contribution < -0.4 is 5.73 Å². The number of rotatable bonds is 2. The maximum Gasteiger partial charge on any atom is 0.161 e. The van der Waals surface area contributed by atoms with Crippen molar-refractivity contribution in [1.29, 1.82) is 0 Å². The Morgan fingerprint density at radius 3 is 2.48 bits per heavy atom. The lowest BCUT2D eigenvalue weighted by atomic mass is 10.3. The van der Waals surface area contributed by atoms with Crippen molar-refractivity contribution in [2.75, 3.05) is 5.73 Å². The van der Waals surface area contributed by atoms with E-state index in [-0.39, 0.29) is 11.4 Å². The van der Waals surface area contributed by atoms with E-state index >= 15 is 0 Å². The molecule has 0 atom stereocenters. The van der Waals surface area contributed by atoms with Crippen LogP contribution in [0.25, 0.3) is 17.1 Å². The largest absolute Gasteiger partial charge is 0.460 e. The molecule has 0 spiro atoms. The quantitative estimate of drug-likeness (QED) is 0.736. The zero-order chi connectivity index (χ0) is 15.1. The summed E-state index contributed by atoms with van der Waals surface area (Å²) in [5.41, 5.74) is 6.09. The zero-order valence-corrected chi connectivity index (χ0v) is 10.9. The maximum absolute atomic E-state index is 13.7. The smallest absolute Gasteiger partial charge is 0.161 e. The number of furan rings is 1. The Morgan fingerprint density at radius 1 is 1.10 bits per heavy atom. The van der Waals surface area contributed by atoms with Crippen molar-refractivity contribution in [1.82, 2.24) is 9.78 Å². The molecule has 0 saturated carbocycles. The van der Waals surface area contributed by atoms with Crippen molar-refractivity contribution in [3.05, 3.63) is 53.7 Å². The van der Waals surface area contributed by atoms with Gasteiger partial charge in [-0.25, -0.2) is 17.9 Å². The van der Waals surface area contributed by atoms with Gasteiger partial charge in [0, 0.05) is 12.1 Å². The third kappa shape index (κ3) is 2.26. The minimum absolute atomic E-state index is 0.230. The second-order valence-corrected chi connectivity index (χ2v) is 4.51. The highest BCUT2D eigenvalue weighted by Crippen LogP contribution is 2.28. The van der Waals surface area contributed by atoms with Crippen LogP contribution in [0.2, 0.25) is 0 Å². The van der Waals surface area contributed by atoms with Gasteiger partial charge < -0.3 is 10.2 Å². The molecule has 3 aromatic rings. The number of hydrogen-bond donors (Lipinski definition) is 1. The number of halogens is 3. The van der Waals surface area contributed by atoms with E-state index in [9.17, 15) is 13.2 Å². The first-order valence-corrected chi connectivity index (χ1v) is 6.02. The second kappa shape index (κ2) is 4.69. The normalized spacial score (nSPS) is 11.0. The number of hydrogen-bond acceptors (Lipinski definition) is 3. The molecule has 108 valence electrons. The van der Waals surface area contributed by atoms with Crippen molar-refractivity contribution >= 4 is 5.69 Å². The van der Waals surface area contributed by atoms with Gasteiger partial charge >= 0.3 is 0 Å². The van der Waals surface area contributed by atoms with Gasteiger partial charge in [0.05, 0.1) is 11.9 Å². The molecule has 1 aromatic carbocycles. The molecule has 0 aliphatic heterocycles. The van der Waals surface area contributed by atoms with E-state index in [2.05, 4.69) is 5.10 Å². The third-order valence-corrected chi connectivity index (χ3v) is 2.95. The maximum atomic E-state index is 13.7. The van der Waals surface area contributed by atoms with E-state index in [4.69, 9.17) is 10.2 Å². The van der Waals surface area contributed by atoms with Crippen LogP contribution in [-0.2, 0) is 0 Å². The summed E-state index contributed by atoms with van der Waals surface area (Å²) in [4.78, 5) is 0. The number of aromatic nitrogens is 2.